The van der Waals surface area contributed by atoms with E-state index in [9.17, 15) is 0 Å². The van der Waals surface area contributed by atoms with Gasteiger partial charge in [0, 0.05) is 25.9 Å². The van der Waals surface area contributed by atoms with Crippen LogP contribution in [-0.4, -0.2) is 35.2 Å². The summed E-state index contributed by atoms with van der Waals surface area (Å²) in [7, 11) is 1.67. The van der Waals surface area contributed by atoms with E-state index in [0.717, 1.165) is 23.2 Å². The van der Waals surface area contributed by atoms with E-state index in [-0.39, 0.29) is 0 Å². The van der Waals surface area contributed by atoms with Crippen LogP contribution in [0.3, 0.4) is 0 Å². The first-order chi connectivity index (χ1) is 9.78. The molecule has 6 nitrogen and oxygen atoms in total. The van der Waals surface area contributed by atoms with Crippen molar-refractivity contribution in [2.24, 2.45) is 0 Å². The molecule has 2 N–H and O–H groups in total. The summed E-state index contributed by atoms with van der Waals surface area (Å²) in [5.74, 6) is 2.29. The molecular formula is C14H19N5O. The highest BCUT2D eigenvalue weighted by atomic mass is 16.5. The Morgan fingerprint density at radius 3 is 2.65 bits per heavy atom. The number of aryl methyl sites for hydroxylation is 1. The molecule has 0 aliphatic carbocycles. The Hall–Kier alpha value is -2.21. The maximum atomic E-state index is 5.00. The van der Waals surface area contributed by atoms with Crippen LogP contribution in [0.1, 0.15) is 11.5 Å². The van der Waals surface area contributed by atoms with Crippen molar-refractivity contribution in [2.75, 3.05) is 30.9 Å². The van der Waals surface area contributed by atoms with Crippen molar-refractivity contribution >= 4 is 11.6 Å². The number of hydrogen-bond acceptors (Lipinski definition) is 6. The summed E-state index contributed by atoms with van der Waals surface area (Å²) in [5, 5.41) is 6.44. The lowest BCUT2D eigenvalue weighted by Gasteiger charge is -2.09. The van der Waals surface area contributed by atoms with Crippen LogP contribution >= 0.6 is 0 Å². The Kier molecular flexibility index (Phi) is 5.25. The van der Waals surface area contributed by atoms with E-state index < -0.39 is 0 Å². The summed E-state index contributed by atoms with van der Waals surface area (Å²) in [6.07, 6.45) is 1.78. The molecule has 0 fully saturated rings. The summed E-state index contributed by atoms with van der Waals surface area (Å²) in [6.45, 7) is 3.86. The first kappa shape index (κ1) is 14.2. The quantitative estimate of drug-likeness (QED) is 0.750. The van der Waals surface area contributed by atoms with Gasteiger partial charge in [0.15, 0.2) is 0 Å². The molecule has 0 amide bonds. The molecule has 2 aromatic heterocycles. The Morgan fingerprint density at radius 2 is 1.95 bits per heavy atom. The highest BCUT2D eigenvalue weighted by molar-refractivity contribution is 5.47. The summed E-state index contributed by atoms with van der Waals surface area (Å²) in [6, 6.07) is 7.72. The normalized spacial score (nSPS) is 10.3. The molecule has 0 aliphatic heterocycles. The number of aromatic nitrogens is 3. The molecular weight excluding hydrogens is 254 g/mol. The lowest BCUT2D eigenvalue weighted by Crippen LogP contribution is -2.11. The van der Waals surface area contributed by atoms with Gasteiger partial charge in [-0.3, -0.25) is 4.98 Å². The van der Waals surface area contributed by atoms with E-state index in [2.05, 4.69) is 25.6 Å². The van der Waals surface area contributed by atoms with Crippen molar-refractivity contribution in [3.05, 3.63) is 42.0 Å². The average Bonchev–Trinajstić information content (AvgIpc) is 2.46. The van der Waals surface area contributed by atoms with Crippen LogP contribution in [0.15, 0.2) is 30.5 Å². The van der Waals surface area contributed by atoms with Crippen molar-refractivity contribution in [2.45, 2.75) is 13.5 Å². The molecule has 0 unspecified atom stereocenters. The van der Waals surface area contributed by atoms with Gasteiger partial charge in [0.2, 0.25) is 0 Å². The van der Waals surface area contributed by atoms with Crippen LogP contribution < -0.4 is 10.6 Å². The SMILES string of the molecule is COCCNc1cc(NCc2ccccn2)nc(C)n1. The highest BCUT2D eigenvalue weighted by Crippen LogP contribution is 2.11. The number of ether oxygens (including phenoxy) is 1. The number of nitrogens with zero attached hydrogens (tertiary/aromatic N) is 3. The molecule has 106 valence electrons. The number of anilines is 2. The first-order valence-electron chi connectivity index (χ1n) is 6.50. The second kappa shape index (κ2) is 7.40. The van der Waals surface area contributed by atoms with Crippen molar-refractivity contribution in [1.82, 2.24) is 15.0 Å². The van der Waals surface area contributed by atoms with E-state index in [0.29, 0.717) is 19.7 Å². The lowest BCUT2D eigenvalue weighted by atomic mass is 10.3. The van der Waals surface area contributed by atoms with Gasteiger partial charge in [-0.05, 0) is 19.1 Å². The molecule has 0 saturated carbocycles. The monoisotopic (exact) mass is 273 g/mol. The molecule has 0 radical (unpaired) electrons. The zero-order valence-electron chi connectivity index (χ0n) is 11.8. The zero-order valence-corrected chi connectivity index (χ0v) is 11.8. The van der Waals surface area contributed by atoms with Gasteiger partial charge in [-0.2, -0.15) is 0 Å². The topological polar surface area (TPSA) is 72.0 Å². The number of hydrogen-bond donors (Lipinski definition) is 2. The minimum Gasteiger partial charge on any atom is -0.383 e. The Bertz CT molecular complexity index is 532. The van der Waals surface area contributed by atoms with Gasteiger partial charge in [0.25, 0.3) is 0 Å². The van der Waals surface area contributed by atoms with Gasteiger partial charge in [0.05, 0.1) is 18.8 Å². The van der Waals surface area contributed by atoms with E-state index in [1.807, 2.05) is 31.2 Å². The predicted octanol–water partition coefficient (Wildman–Crippen LogP) is 1.85. The summed E-state index contributed by atoms with van der Waals surface area (Å²) >= 11 is 0. The van der Waals surface area contributed by atoms with Crippen LogP contribution in [0, 0.1) is 6.92 Å². The molecule has 0 saturated heterocycles. The van der Waals surface area contributed by atoms with Crippen LogP contribution in [0.25, 0.3) is 0 Å². The predicted molar refractivity (Wildman–Crippen MR) is 78.7 cm³/mol. The van der Waals surface area contributed by atoms with E-state index in [4.69, 9.17) is 4.74 Å². The average molecular weight is 273 g/mol. The van der Waals surface area contributed by atoms with Crippen molar-refractivity contribution in [1.29, 1.82) is 0 Å². The second-order valence-electron chi connectivity index (χ2n) is 4.28. The molecule has 2 heterocycles. The third-order valence-electron chi connectivity index (χ3n) is 2.63. The van der Waals surface area contributed by atoms with Crippen LogP contribution in [0.5, 0.6) is 0 Å². The third kappa shape index (κ3) is 4.47. The molecule has 0 aliphatic rings. The molecule has 0 aromatic carbocycles. The Balaban J connectivity index is 1.97. The second-order valence-corrected chi connectivity index (χ2v) is 4.28. The fourth-order valence-corrected chi connectivity index (χ4v) is 1.71. The standard InChI is InChI=1S/C14H19N5O/c1-11-18-13(16-7-8-20-2)9-14(19-11)17-10-12-5-3-4-6-15-12/h3-6,9H,7-8,10H2,1-2H3,(H2,16,17,18,19). The van der Waals surface area contributed by atoms with Gasteiger partial charge in [-0.15, -0.1) is 0 Å². The summed E-state index contributed by atoms with van der Waals surface area (Å²) < 4.78 is 5.00. The smallest absolute Gasteiger partial charge is 0.132 e. The summed E-state index contributed by atoms with van der Waals surface area (Å²) in [4.78, 5) is 12.9. The maximum Gasteiger partial charge on any atom is 0.132 e. The van der Waals surface area contributed by atoms with E-state index in [1.165, 1.54) is 0 Å². The molecule has 2 aromatic rings. The van der Waals surface area contributed by atoms with Crippen LogP contribution in [0.2, 0.25) is 0 Å². The molecule has 2 rings (SSSR count). The largest absolute Gasteiger partial charge is 0.383 e. The lowest BCUT2D eigenvalue weighted by molar-refractivity contribution is 0.210. The zero-order chi connectivity index (χ0) is 14.2. The van der Waals surface area contributed by atoms with Gasteiger partial charge < -0.3 is 15.4 Å². The molecule has 0 spiro atoms. The highest BCUT2D eigenvalue weighted by Gasteiger charge is 2.02. The minimum atomic E-state index is 0.634. The van der Waals surface area contributed by atoms with Crippen molar-refractivity contribution < 1.29 is 4.74 Å². The number of nitrogens with one attached hydrogen (secondary N) is 2. The van der Waals surface area contributed by atoms with Crippen LogP contribution in [0.4, 0.5) is 11.6 Å². The first-order valence-corrected chi connectivity index (χ1v) is 6.50. The third-order valence-corrected chi connectivity index (χ3v) is 2.63. The minimum absolute atomic E-state index is 0.634. The van der Waals surface area contributed by atoms with Gasteiger partial charge in [-0.25, -0.2) is 9.97 Å². The molecule has 0 bridgehead atoms. The number of pyridine rings is 1. The van der Waals surface area contributed by atoms with Gasteiger partial charge in [-0.1, -0.05) is 6.07 Å². The number of methoxy groups -OCH3 is 1. The molecule has 0 atom stereocenters. The van der Waals surface area contributed by atoms with E-state index in [1.54, 1.807) is 13.3 Å². The van der Waals surface area contributed by atoms with Crippen LogP contribution in [-0.2, 0) is 11.3 Å². The van der Waals surface area contributed by atoms with E-state index >= 15 is 0 Å². The Labute approximate surface area is 118 Å². The number of rotatable bonds is 7. The van der Waals surface area contributed by atoms with Gasteiger partial charge >= 0.3 is 0 Å². The van der Waals surface area contributed by atoms with Gasteiger partial charge in [0.1, 0.15) is 17.5 Å². The fraction of sp³-hybridized carbons (Fsp3) is 0.357. The van der Waals surface area contributed by atoms with Crippen molar-refractivity contribution in [3.63, 3.8) is 0 Å². The van der Waals surface area contributed by atoms with Crippen molar-refractivity contribution in [3.8, 4) is 0 Å². The molecule has 20 heavy (non-hydrogen) atoms. The maximum absolute atomic E-state index is 5.00. The summed E-state index contributed by atoms with van der Waals surface area (Å²) in [5.41, 5.74) is 0.970. The fourth-order valence-electron chi connectivity index (χ4n) is 1.71. The Morgan fingerprint density at radius 1 is 1.15 bits per heavy atom. The molecule has 6 heteroatoms.